The lowest BCUT2D eigenvalue weighted by Crippen LogP contribution is -2.35. The third kappa shape index (κ3) is 3.18. The van der Waals surface area contributed by atoms with Crippen LogP contribution < -0.4 is 5.32 Å². The van der Waals surface area contributed by atoms with Gasteiger partial charge in [-0.1, -0.05) is 39.0 Å². The summed E-state index contributed by atoms with van der Waals surface area (Å²) >= 11 is 1.95. The Bertz CT molecular complexity index is 284. The van der Waals surface area contributed by atoms with Crippen molar-refractivity contribution in [2.24, 2.45) is 16.3 Å². The topological polar surface area (TPSA) is 24.4 Å². The molecule has 0 spiro atoms. The standard InChI is InChI=1S/C14H26N2S/c1-4-7-11-8-12(11)16-13-15-9-14(5-2,6-3)10-17-13/h11-12H,4-10H2,1-3H3,(H,15,16). The van der Waals surface area contributed by atoms with Gasteiger partial charge in [0, 0.05) is 18.3 Å². The van der Waals surface area contributed by atoms with E-state index in [4.69, 9.17) is 4.99 Å². The van der Waals surface area contributed by atoms with Gasteiger partial charge in [-0.15, -0.1) is 0 Å². The number of nitrogens with zero attached hydrogens (tertiary/aromatic N) is 1. The quantitative estimate of drug-likeness (QED) is 0.809. The summed E-state index contributed by atoms with van der Waals surface area (Å²) in [5.41, 5.74) is 0.474. The van der Waals surface area contributed by atoms with E-state index in [0.29, 0.717) is 5.41 Å². The molecule has 17 heavy (non-hydrogen) atoms. The van der Waals surface area contributed by atoms with Crippen LogP contribution >= 0.6 is 11.8 Å². The summed E-state index contributed by atoms with van der Waals surface area (Å²) in [7, 11) is 0. The first-order valence-electron chi connectivity index (χ1n) is 7.16. The van der Waals surface area contributed by atoms with Crippen molar-refractivity contribution in [2.75, 3.05) is 12.3 Å². The minimum absolute atomic E-state index is 0.474. The van der Waals surface area contributed by atoms with Crippen LogP contribution in [-0.4, -0.2) is 23.5 Å². The zero-order valence-electron chi connectivity index (χ0n) is 11.5. The Labute approximate surface area is 110 Å². The van der Waals surface area contributed by atoms with E-state index in [2.05, 4.69) is 26.1 Å². The maximum absolute atomic E-state index is 4.77. The molecule has 1 aliphatic heterocycles. The fourth-order valence-corrected chi connectivity index (χ4v) is 3.92. The van der Waals surface area contributed by atoms with Gasteiger partial charge in [0.05, 0.1) is 0 Å². The lowest BCUT2D eigenvalue weighted by Gasteiger charge is -2.33. The van der Waals surface area contributed by atoms with Crippen molar-refractivity contribution in [3.63, 3.8) is 0 Å². The Hall–Kier alpha value is -0.180. The molecule has 0 aromatic heterocycles. The monoisotopic (exact) mass is 254 g/mol. The Morgan fingerprint density at radius 3 is 2.65 bits per heavy atom. The van der Waals surface area contributed by atoms with E-state index in [1.54, 1.807) is 0 Å². The molecule has 3 heteroatoms. The summed E-state index contributed by atoms with van der Waals surface area (Å²) in [5.74, 6) is 2.17. The average molecular weight is 254 g/mol. The maximum Gasteiger partial charge on any atom is 0.156 e. The zero-order chi connectivity index (χ0) is 12.3. The number of rotatable bonds is 5. The normalized spacial score (nSPS) is 30.9. The highest BCUT2D eigenvalue weighted by molar-refractivity contribution is 8.13. The Balaban J connectivity index is 1.79. The number of hydrogen-bond donors (Lipinski definition) is 1. The minimum atomic E-state index is 0.474. The van der Waals surface area contributed by atoms with Crippen LogP contribution in [0.5, 0.6) is 0 Å². The van der Waals surface area contributed by atoms with E-state index in [1.165, 1.54) is 43.0 Å². The molecule has 1 saturated carbocycles. The molecular formula is C14H26N2S. The largest absolute Gasteiger partial charge is 0.362 e. The van der Waals surface area contributed by atoms with Crippen molar-refractivity contribution in [3.8, 4) is 0 Å². The number of thioether (sulfide) groups is 1. The van der Waals surface area contributed by atoms with Crippen LogP contribution in [0, 0.1) is 11.3 Å². The van der Waals surface area contributed by atoms with Crippen LogP contribution in [0.4, 0.5) is 0 Å². The van der Waals surface area contributed by atoms with Gasteiger partial charge in [-0.05, 0) is 37.0 Å². The minimum Gasteiger partial charge on any atom is -0.362 e. The smallest absolute Gasteiger partial charge is 0.156 e. The first kappa shape index (κ1) is 13.3. The summed E-state index contributed by atoms with van der Waals surface area (Å²) in [4.78, 5) is 4.77. The highest BCUT2D eigenvalue weighted by Gasteiger charge is 2.38. The van der Waals surface area contributed by atoms with Crippen molar-refractivity contribution in [1.82, 2.24) is 5.32 Å². The molecule has 0 radical (unpaired) electrons. The third-order valence-electron chi connectivity index (χ3n) is 4.46. The Morgan fingerprint density at radius 2 is 2.12 bits per heavy atom. The van der Waals surface area contributed by atoms with Gasteiger partial charge >= 0.3 is 0 Å². The van der Waals surface area contributed by atoms with Gasteiger partial charge < -0.3 is 5.32 Å². The predicted molar refractivity (Wildman–Crippen MR) is 77.7 cm³/mol. The second kappa shape index (κ2) is 5.64. The predicted octanol–water partition coefficient (Wildman–Crippen LogP) is 3.67. The van der Waals surface area contributed by atoms with Crippen molar-refractivity contribution >= 4 is 16.9 Å². The molecule has 2 atom stereocenters. The molecule has 2 aliphatic rings. The second-order valence-corrected chi connectivity index (χ2v) is 6.62. The third-order valence-corrected chi connectivity index (χ3v) is 5.74. The fraction of sp³-hybridized carbons (Fsp3) is 0.929. The van der Waals surface area contributed by atoms with Gasteiger partial charge in [-0.3, -0.25) is 4.99 Å². The zero-order valence-corrected chi connectivity index (χ0v) is 12.3. The van der Waals surface area contributed by atoms with Gasteiger partial charge in [0.15, 0.2) is 5.17 Å². The molecule has 2 nitrogen and oxygen atoms in total. The molecule has 0 aromatic carbocycles. The van der Waals surface area contributed by atoms with Crippen LogP contribution in [-0.2, 0) is 0 Å². The molecule has 1 fully saturated rings. The molecule has 2 rings (SSSR count). The number of hydrogen-bond acceptors (Lipinski definition) is 3. The van der Waals surface area contributed by atoms with Crippen LogP contribution in [0.1, 0.15) is 52.9 Å². The van der Waals surface area contributed by atoms with Crippen LogP contribution in [0.25, 0.3) is 0 Å². The first-order chi connectivity index (χ1) is 8.23. The number of nitrogens with one attached hydrogen (secondary N) is 1. The second-order valence-electron chi connectivity index (χ2n) is 5.65. The SMILES string of the molecule is CCCC1CC1NC1=NCC(CC)(CC)CS1. The van der Waals surface area contributed by atoms with E-state index in [0.717, 1.165) is 18.5 Å². The lowest BCUT2D eigenvalue weighted by atomic mass is 9.84. The fourth-order valence-electron chi connectivity index (χ4n) is 2.59. The van der Waals surface area contributed by atoms with Crippen molar-refractivity contribution in [2.45, 2.75) is 58.9 Å². The highest BCUT2D eigenvalue weighted by atomic mass is 32.2. The molecule has 0 amide bonds. The average Bonchev–Trinajstić information content (AvgIpc) is 3.09. The highest BCUT2D eigenvalue weighted by Crippen LogP contribution is 2.38. The molecule has 98 valence electrons. The molecule has 1 N–H and O–H groups in total. The van der Waals surface area contributed by atoms with Crippen LogP contribution in [0.2, 0.25) is 0 Å². The van der Waals surface area contributed by atoms with E-state index >= 15 is 0 Å². The van der Waals surface area contributed by atoms with Crippen molar-refractivity contribution < 1.29 is 0 Å². The summed E-state index contributed by atoms with van der Waals surface area (Å²) in [5, 5.41) is 4.84. The van der Waals surface area contributed by atoms with Crippen LogP contribution in [0.3, 0.4) is 0 Å². The maximum atomic E-state index is 4.77. The van der Waals surface area contributed by atoms with Crippen molar-refractivity contribution in [3.05, 3.63) is 0 Å². The molecule has 1 aliphatic carbocycles. The van der Waals surface area contributed by atoms with Gasteiger partial charge in [-0.25, -0.2) is 0 Å². The van der Waals surface area contributed by atoms with Gasteiger partial charge in [-0.2, -0.15) is 0 Å². The van der Waals surface area contributed by atoms with E-state index in [-0.39, 0.29) is 0 Å². The first-order valence-corrected chi connectivity index (χ1v) is 8.15. The summed E-state index contributed by atoms with van der Waals surface area (Å²) in [6, 6.07) is 0.733. The number of amidine groups is 1. The molecule has 0 bridgehead atoms. The summed E-state index contributed by atoms with van der Waals surface area (Å²) < 4.78 is 0. The van der Waals surface area contributed by atoms with E-state index in [9.17, 15) is 0 Å². The number of aliphatic imine (C=N–C) groups is 1. The molecule has 0 saturated heterocycles. The molecule has 1 heterocycles. The summed E-state index contributed by atoms with van der Waals surface area (Å²) in [6.45, 7) is 7.91. The Morgan fingerprint density at radius 1 is 1.35 bits per heavy atom. The van der Waals surface area contributed by atoms with Gasteiger partial charge in [0.25, 0.3) is 0 Å². The van der Waals surface area contributed by atoms with E-state index in [1.807, 2.05) is 11.8 Å². The Kier molecular flexibility index (Phi) is 4.40. The molecule has 0 aromatic rings. The van der Waals surface area contributed by atoms with Crippen molar-refractivity contribution in [1.29, 1.82) is 0 Å². The van der Waals surface area contributed by atoms with Gasteiger partial charge in [0.2, 0.25) is 0 Å². The van der Waals surface area contributed by atoms with Crippen LogP contribution in [0.15, 0.2) is 4.99 Å². The summed E-state index contributed by atoms with van der Waals surface area (Å²) in [6.07, 6.45) is 6.57. The van der Waals surface area contributed by atoms with E-state index < -0.39 is 0 Å². The van der Waals surface area contributed by atoms with Gasteiger partial charge in [0.1, 0.15) is 0 Å². The lowest BCUT2D eigenvalue weighted by molar-refractivity contribution is 0.318. The molecular weight excluding hydrogens is 228 g/mol. The molecule has 2 unspecified atom stereocenters.